The lowest BCUT2D eigenvalue weighted by atomic mass is 10.1. The van der Waals surface area contributed by atoms with Crippen LogP contribution in [0, 0.1) is 6.07 Å². The third kappa shape index (κ3) is 1.76. The average Bonchev–Trinajstić information content (AvgIpc) is 2.17. The number of nitrogens with zero attached hydrogens (tertiary/aromatic N) is 1. The van der Waals surface area contributed by atoms with Crippen molar-refractivity contribution in [1.29, 1.82) is 0 Å². The number of pyridine rings is 1. The Morgan fingerprint density at radius 2 is 2.23 bits per heavy atom. The number of rotatable bonds is 1. The number of hydrogen-bond acceptors (Lipinski definition) is 1. The summed E-state index contributed by atoms with van der Waals surface area (Å²) in [4.78, 5) is 4.23. The van der Waals surface area contributed by atoms with Gasteiger partial charge in [0.15, 0.2) is 0 Å². The van der Waals surface area contributed by atoms with E-state index >= 15 is 0 Å². The van der Waals surface area contributed by atoms with Crippen LogP contribution in [-0.2, 0) is 5.33 Å². The van der Waals surface area contributed by atoms with Gasteiger partial charge >= 0.3 is 0 Å². The number of hydrogen-bond donors (Lipinski definition) is 0. The Morgan fingerprint density at radius 3 is 3.00 bits per heavy atom. The van der Waals surface area contributed by atoms with E-state index in [0.717, 1.165) is 26.3 Å². The van der Waals surface area contributed by atoms with Gasteiger partial charge in [0, 0.05) is 27.5 Å². The highest BCUT2D eigenvalue weighted by Gasteiger charge is 2.00. The van der Waals surface area contributed by atoms with Gasteiger partial charge in [-0.25, -0.2) is 0 Å². The highest BCUT2D eigenvalue weighted by atomic mass is 79.9. The Balaban J connectivity index is 2.79. The molecule has 0 fully saturated rings. The molecule has 0 N–H and O–H groups in total. The zero-order valence-corrected chi connectivity index (χ0v) is 9.89. The Bertz CT molecular complexity index is 440. The van der Waals surface area contributed by atoms with E-state index in [4.69, 9.17) is 0 Å². The van der Waals surface area contributed by atoms with Crippen LogP contribution in [0.3, 0.4) is 0 Å². The van der Waals surface area contributed by atoms with Crippen molar-refractivity contribution < 1.29 is 0 Å². The van der Waals surface area contributed by atoms with Gasteiger partial charge in [-0.15, -0.1) is 0 Å². The monoisotopic (exact) mass is 298 g/mol. The molecule has 1 heterocycles. The fourth-order valence-electron chi connectivity index (χ4n) is 1.23. The molecule has 1 radical (unpaired) electrons. The first-order valence-corrected chi connectivity index (χ1v) is 5.73. The van der Waals surface area contributed by atoms with E-state index in [1.165, 1.54) is 0 Å². The van der Waals surface area contributed by atoms with Crippen molar-refractivity contribution in [3.05, 3.63) is 40.5 Å². The smallest absolute Gasteiger partial charge is 0.0706 e. The van der Waals surface area contributed by atoms with Gasteiger partial charge in [-0.05, 0) is 23.8 Å². The number of halogens is 2. The second kappa shape index (κ2) is 3.76. The topological polar surface area (TPSA) is 12.9 Å². The average molecular weight is 300 g/mol. The normalized spacial score (nSPS) is 10.6. The van der Waals surface area contributed by atoms with Crippen LogP contribution in [0.2, 0.25) is 0 Å². The van der Waals surface area contributed by atoms with E-state index in [-0.39, 0.29) is 0 Å². The summed E-state index contributed by atoms with van der Waals surface area (Å²) in [6.45, 7) is 0. The van der Waals surface area contributed by atoms with Crippen molar-refractivity contribution in [2.24, 2.45) is 0 Å². The maximum absolute atomic E-state index is 4.23. The molecule has 0 aliphatic carbocycles. The largest absolute Gasteiger partial charge is 0.256 e. The lowest BCUT2D eigenvalue weighted by Crippen LogP contribution is -1.85. The second-order valence-electron chi connectivity index (χ2n) is 2.68. The fourth-order valence-corrected chi connectivity index (χ4v) is 2.06. The summed E-state index contributed by atoms with van der Waals surface area (Å²) < 4.78 is 1.07. The minimum atomic E-state index is 0.808. The molecular weight excluding hydrogens is 294 g/mol. The third-order valence-corrected chi connectivity index (χ3v) is 2.91. The molecule has 0 saturated heterocycles. The fraction of sp³-hybridized carbons (Fsp3) is 0.100. The number of benzene rings is 1. The Labute approximate surface area is 93.4 Å². The van der Waals surface area contributed by atoms with Crippen LogP contribution in [0.5, 0.6) is 0 Å². The van der Waals surface area contributed by atoms with E-state index < -0.39 is 0 Å². The molecule has 0 aliphatic heterocycles. The predicted octanol–water partition coefficient (Wildman–Crippen LogP) is 3.69. The van der Waals surface area contributed by atoms with Gasteiger partial charge in [0.25, 0.3) is 0 Å². The van der Waals surface area contributed by atoms with Crippen molar-refractivity contribution in [3.63, 3.8) is 0 Å². The Kier molecular flexibility index (Phi) is 2.65. The summed E-state index contributed by atoms with van der Waals surface area (Å²) in [5.74, 6) is 0. The number of fused-ring (bicyclic) bond motifs is 1. The molecule has 0 spiro atoms. The molecule has 0 saturated carbocycles. The zero-order valence-electron chi connectivity index (χ0n) is 6.72. The highest BCUT2D eigenvalue weighted by Crippen LogP contribution is 2.22. The van der Waals surface area contributed by atoms with E-state index in [9.17, 15) is 0 Å². The SMILES string of the molecule is BrCc1[c]cnc2ccc(Br)cc12. The Morgan fingerprint density at radius 1 is 1.38 bits per heavy atom. The molecule has 2 aromatic rings. The molecule has 1 nitrogen and oxygen atoms in total. The van der Waals surface area contributed by atoms with Crippen molar-refractivity contribution >= 4 is 42.8 Å². The van der Waals surface area contributed by atoms with Gasteiger partial charge in [0.1, 0.15) is 0 Å². The van der Waals surface area contributed by atoms with Gasteiger partial charge in [0.2, 0.25) is 0 Å². The van der Waals surface area contributed by atoms with E-state index in [2.05, 4.69) is 49.0 Å². The summed E-state index contributed by atoms with van der Waals surface area (Å²) in [6.07, 6.45) is 1.72. The summed E-state index contributed by atoms with van der Waals surface area (Å²) in [5, 5.41) is 1.96. The molecule has 0 unspecified atom stereocenters. The maximum atomic E-state index is 4.23. The molecule has 13 heavy (non-hydrogen) atoms. The highest BCUT2D eigenvalue weighted by molar-refractivity contribution is 9.10. The van der Waals surface area contributed by atoms with Gasteiger partial charge in [-0.3, -0.25) is 4.98 Å². The Hall–Kier alpha value is -0.410. The van der Waals surface area contributed by atoms with Crippen LogP contribution in [0.25, 0.3) is 10.9 Å². The zero-order chi connectivity index (χ0) is 9.26. The van der Waals surface area contributed by atoms with Crippen LogP contribution in [0.15, 0.2) is 28.9 Å². The van der Waals surface area contributed by atoms with Gasteiger partial charge in [-0.2, -0.15) is 0 Å². The minimum absolute atomic E-state index is 0.808. The third-order valence-electron chi connectivity index (χ3n) is 1.86. The standard InChI is InChI=1S/C10H6Br2N/c11-6-7-3-4-13-10-2-1-8(12)5-9(7)10/h1-2,4-5H,6H2. The predicted molar refractivity (Wildman–Crippen MR) is 60.9 cm³/mol. The van der Waals surface area contributed by atoms with E-state index in [1.807, 2.05) is 12.1 Å². The van der Waals surface area contributed by atoms with Crippen molar-refractivity contribution in [2.75, 3.05) is 0 Å². The summed E-state index contributed by atoms with van der Waals surface area (Å²) in [5.41, 5.74) is 2.16. The quantitative estimate of drug-likeness (QED) is 0.732. The molecule has 0 aliphatic rings. The first kappa shape index (κ1) is 9.16. The van der Waals surface area contributed by atoms with Gasteiger partial charge < -0.3 is 0 Å². The maximum Gasteiger partial charge on any atom is 0.0706 e. The molecule has 0 atom stereocenters. The molecule has 3 heteroatoms. The molecule has 1 aromatic heterocycles. The van der Waals surface area contributed by atoms with E-state index in [0.29, 0.717) is 0 Å². The van der Waals surface area contributed by atoms with Crippen LogP contribution in [0.4, 0.5) is 0 Å². The summed E-state index contributed by atoms with van der Waals surface area (Å²) in [7, 11) is 0. The number of alkyl halides is 1. The van der Waals surface area contributed by atoms with Crippen LogP contribution < -0.4 is 0 Å². The molecule has 0 amide bonds. The second-order valence-corrected chi connectivity index (χ2v) is 4.15. The van der Waals surface area contributed by atoms with Crippen LogP contribution in [-0.4, -0.2) is 4.98 Å². The number of aromatic nitrogens is 1. The first-order valence-electron chi connectivity index (χ1n) is 3.82. The van der Waals surface area contributed by atoms with Crippen molar-refractivity contribution in [2.45, 2.75) is 5.33 Å². The van der Waals surface area contributed by atoms with Gasteiger partial charge in [-0.1, -0.05) is 31.9 Å². The molecular formula is C10H6Br2N. The minimum Gasteiger partial charge on any atom is -0.256 e. The van der Waals surface area contributed by atoms with Crippen LogP contribution >= 0.6 is 31.9 Å². The first-order chi connectivity index (χ1) is 6.31. The molecule has 0 bridgehead atoms. The van der Waals surface area contributed by atoms with Crippen molar-refractivity contribution in [3.8, 4) is 0 Å². The van der Waals surface area contributed by atoms with Crippen LogP contribution in [0.1, 0.15) is 5.56 Å². The molecule has 1 aromatic carbocycles. The van der Waals surface area contributed by atoms with Crippen molar-refractivity contribution in [1.82, 2.24) is 4.98 Å². The molecule has 2 rings (SSSR count). The lowest BCUT2D eigenvalue weighted by Gasteiger charge is -2.01. The molecule has 65 valence electrons. The summed E-state index contributed by atoms with van der Waals surface area (Å²) >= 11 is 6.87. The summed E-state index contributed by atoms with van der Waals surface area (Å²) in [6, 6.07) is 9.17. The van der Waals surface area contributed by atoms with E-state index in [1.54, 1.807) is 6.20 Å². The van der Waals surface area contributed by atoms with Gasteiger partial charge in [0.05, 0.1) is 5.52 Å². The lowest BCUT2D eigenvalue weighted by molar-refractivity contribution is 1.34.